The van der Waals surface area contributed by atoms with Crippen molar-refractivity contribution in [3.05, 3.63) is 53.9 Å². The fourth-order valence-electron chi connectivity index (χ4n) is 3.03. The van der Waals surface area contributed by atoms with Gasteiger partial charge in [-0.25, -0.2) is 9.97 Å². The molecule has 1 amide bonds. The third-order valence-corrected chi connectivity index (χ3v) is 4.13. The third-order valence-electron chi connectivity index (χ3n) is 4.13. The van der Waals surface area contributed by atoms with Gasteiger partial charge >= 0.3 is 0 Å². The topological polar surface area (TPSA) is 72.7 Å². The standard InChI is InChI=1S/C17H17N5O/c1-11-9-22-10-12(6-7-16(22)19-11)20-17(23)15-8-18-13-4-2-3-5-14(13)21-15/h2-5,8-9,12H,6-7,10H2,1H3,(H,20,23)/t12-/m0/s1. The summed E-state index contributed by atoms with van der Waals surface area (Å²) < 4.78 is 2.12. The van der Waals surface area contributed by atoms with Crippen LogP contribution in [0.1, 0.15) is 28.4 Å². The smallest absolute Gasteiger partial charge is 0.271 e. The van der Waals surface area contributed by atoms with Gasteiger partial charge in [0.1, 0.15) is 11.5 Å². The summed E-state index contributed by atoms with van der Waals surface area (Å²) in [6.07, 6.45) is 5.34. The number of amides is 1. The molecule has 3 aromatic rings. The van der Waals surface area contributed by atoms with E-state index in [0.29, 0.717) is 5.69 Å². The highest BCUT2D eigenvalue weighted by atomic mass is 16.2. The van der Waals surface area contributed by atoms with Crippen molar-refractivity contribution in [3.63, 3.8) is 0 Å². The van der Waals surface area contributed by atoms with Crippen LogP contribution in [-0.2, 0) is 13.0 Å². The van der Waals surface area contributed by atoms with E-state index in [-0.39, 0.29) is 11.9 Å². The molecule has 0 unspecified atom stereocenters. The first kappa shape index (κ1) is 13.9. The van der Waals surface area contributed by atoms with Gasteiger partial charge in [0.15, 0.2) is 0 Å². The number of aryl methyl sites for hydroxylation is 2. The lowest BCUT2D eigenvalue weighted by Gasteiger charge is -2.24. The molecule has 0 saturated heterocycles. The van der Waals surface area contributed by atoms with E-state index in [2.05, 4.69) is 24.8 Å². The number of nitrogens with zero attached hydrogens (tertiary/aromatic N) is 4. The Hall–Kier alpha value is -2.76. The van der Waals surface area contributed by atoms with Gasteiger partial charge < -0.3 is 9.88 Å². The monoisotopic (exact) mass is 307 g/mol. The number of imidazole rings is 1. The van der Waals surface area contributed by atoms with Crippen molar-refractivity contribution in [2.75, 3.05) is 0 Å². The van der Waals surface area contributed by atoms with Crippen LogP contribution in [-0.4, -0.2) is 31.5 Å². The number of benzene rings is 1. The van der Waals surface area contributed by atoms with Crippen LogP contribution in [0.2, 0.25) is 0 Å². The van der Waals surface area contributed by atoms with E-state index in [4.69, 9.17) is 0 Å². The molecule has 0 saturated carbocycles. The van der Waals surface area contributed by atoms with Crippen molar-refractivity contribution in [3.8, 4) is 0 Å². The molecule has 1 aromatic carbocycles. The first-order valence-corrected chi connectivity index (χ1v) is 7.74. The minimum Gasteiger partial charge on any atom is -0.346 e. The number of aromatic nitrogens is 4. The van der Waals surface area contributed by atoms with Gasteiger partial charge in [-0.3, -0.25) is 9.78 Å². The molecule has 1 atom stereocenters. The Bertz CT molecular complexity index is 886. The summed E-state index contributed by atoms with van der Waals surface area (Å²) in [7, 11) is 0. The Morgan fingerprint density at radius 2 is 2.09 bits per heavy atom. The lowest BCUT2D eigenvalue weighted by Crippen LogP contribution is -2.41. The zero-order chi connectivity index (χ0) is 15.8. The summed E-state index contributed by atoms with van der Waals surface area (Å²) in [5.74, 6) is 0.923. The minimum absolute atomic E-state index is 0.0943. The van der Waals surface area contributed by atoms with Crippen molar-refractivity contribution in [2.24, 2.45) is 0 Å². The number of carbonyl (C=O) groups is 1. The molecular formula is C17H17N5O. The maximum absolute atomic E-state index is 12.4. The molecule has 0 aliphatic carbocycles. The predicted octanol–water partition coefficient (Wildman–Crippen LogP) is 1.88. The third kappa shape index (κ3) is 2.67. The molecule has 0 bridgehead atoms. The summed E-state index contributed by atoms with van der Waals surface area (Å²) in [5, 5.41) is 3.06. The van der Waals surface area contributed by atoms with E-state index >= 15 is 0 Å². The van der Waals surface area contributed by atoms with Gasteiger partial charge in [-0.2, -0.15) is 0 Å². The molecule has 2 aromatic heterocycles. The number of para-hydroxylation sites is 2. The van der Waals surface area contributed by atoms with Gasteiger partial charge in [0.25, 0.3) is 5.91 Å². The second-order valence-corrected chi connectivity index (χ2v) is 5.90. The van der Waals surface area contributed by atoms with Crippen LogP contribution in [0, 0.1) is 6.92 Å². The quantitative estimate of drug-likeness (QED) is 0.784. The van der Waals surface area contributed by atoms with Crippen LogP contribution in [0.5, 0.6) is 0 Å². The highest BCUT2D eigenvalue weighted by Crippen LogP contribution is 2.15. The molecule has 4 rings (SSSR count). The summed E-state index contributed by atoms with van der Waals surface area (Å²) in [4.78, 5) is 25.6. The Morgan fingerprint density at radius 3 is 2.96 bits per heavy atom. The predicted molar refractivity (Wildman–Crippen MR) is 86.1 cm³/mol. The first-order valence-electron chi connectivity index (χ1n) is 7.74. The summed E-state index contributed by atoms with van der Waals surface area (Å²) in [6, 6.07) is 7.64. The van der Waals surface area contributed by atoms with Crippen molar-refractivity contribution in [1.82, 2.24) is 24.8 Å². The Kier molecular flexibility index (Phi) is 3.29. The zero-order valence-electron chi connectivity index (χ0n) is 12.9. The van der Waals surface area contributed by atoms with Crippen LogP contribution in [0.3, 0.4) is 0 Å². The van der Waals surface area contributed by atoms with Crippen LogP contribution >= 0.6 is 0 Å². The second-order valence-electron chi connectivity index (χ2n) is 5.90. The summed E-state index contributed by atoms with van der Waals surface area (Å²) in [6.45, 7) is 2.74. The van der Waals surface area contributed by atoms with Crippen molar-refractivity contribution < 1.29 is 4.79 Å². The first-order chi connectivity index (χ1) is 11.2. The second kappa shape index (κ2) is 5.46. The fraction of sp³-hybridized carbons (Fsp3) is 0.294. The number of carbonyl (C=O) groups excluding carboxylic acids is 1. The molecule has 1 N–H and O–H groups in total. The molecular weight excluding hydrogens is 290 g/mol. The van der Waals surface area contributed by atoms with E-state index in [1.807, 2.05) is 37.4 Å². The zero-order valence-corrected chi connectivity index (χ0v) is 12.9. The van der Waals surface area contributed by atoms with E-state index in [9.17, 15) is 4.79 Å². The molecule has 6 nitrogen and oxygen atoms in total. The highest BCUT2D eigenvalue weighted by molar-refractivity contribution is 5.93. The van der Waals surface area contributed by atoms with Gasteiger partial charge in [0.05, 0.1) is 22.9 Å². The number of hydrogen-bond donors (Lipinski definition) is 1. The van der Waals surface area contributed by atoms with E-state index in [1.165, 1.54) is 6.20 Å². The molecule has 1 aliphatic heterocycles. The number of fused-ring (bicyclic) bond motifs is 2. The lowest BCUT2D eigenvalue weighted by atomic mass is 10.1. The van der Waals surface area contributed by atoms with Gasteiger partial charge in [-0.1, -0.05) is 12.1 Å². The average molecular weight is 307 g/mol. The van der Waals surface area contributed by atoms with Crippen LogP contribution in [0.4, 0.5) is 0 Å². The molecule has 23 heavy (non-hydrogen) atoms. The minimum atomic E-state index is -0.173. The fourth-order valence-corrected chi connectivity index (χ4v) is 3.03. The highest BCUT2D eigenvalue weighted by Gasteiger charge is 2.22. The molecule has 0 spiro atoms. The largest absolute Gasteiger partial charge is 0.346 e. The van der Waals surface area contributed by atoms with Crippen molar-refractivity contribution >= 4 is 16.9 Å². The normalized spacial score (nSPS) is 17.0. The van der Waals surface area contributed by atoms with Gasteiger partial charge in [-0.15, -0.1) is 0 Å². The molecule has 116 valence electrons. The maximum Gasteiger partial charge on any atom is 0.271 e. The van der Waals surface area contributed by atoms with Gasteiger partial charge in [0.2, 0.25) is 0 Å². The van der Waals surface area contributed by atoms with Gasteiger partial charge in [0, 0.05) is 25.2 Å². The van der Waals surface area contributed by atoms with E-state index in [1.54, 1.807) is 0 Å². The molecule has 0 fully saturated rings. The lowest BCUT2D eigenvalue weighted by molar-refractivity contribution is 0.0922. The molecule has 1 aliphatic rings. The maximum atomic E-state index is 12.4. The molecule has 6 heteroatoms. The SMILES string of the molecule is Cc1cn2c(n1)CC[C@H](NC(=O)c1cnc3ccccc3n1)C2. The van der Waals surface area contributed by atoms with E-state index < -0.39 is 0 Å². The molecule has 0 radical (unpaired) electrons. The van der Waals surface area contributed by atoms with E-state index in [0.717, 1.165) is 41.9 Å². The Balaban J connectivity index is 1.51. The summed E-state index contributed by atoms with van der Waals surface area (Å²) in [5.41, 5.74) is 2.90. The van der Waals surface area contributed by atoms with Crippen LogP contribution in [0.25, 0.3) is 11.0 Å². The summed E-state index contributed by atoms with van der Waals surface area (Å²) >= 11 is 0. The van der Waals surface area contributed by atoms with Crippen molar-refractivity contribution in [1.29, 1.82) is 0 Å². The number of hydrogen-bond acceptors (Lipinski definition) is 4. The Labute approximate surface area is 133 Å². The Morgan fingerprint density at radius 1 is 1.26 bits per heavy atom. The van der Waals surface area contributed by atoms with Crippen molar-refractivity contribution in [2.45, 2.75) is 32.4 Å². The molecule has 3 heterocycles. The van der Waals surface area contributed by atoms with Crippen LogP contribution < -0.4 is 5.32 Å². The van der Waals surface area contributed by atoms with Crippen LogP contribution in [0.15, 0.2) is 36.7 Å². The number of nitrogens with one attached hydrogen (secondary N) is 1. The van der Waals surface area contributed by atoms with Gasteiger partial charge in [-0.05, 0) is 25.5 Å². The average Bonchev–Trinajstić information content (AvgIpc) is 2.93. The number of rotatable bonds is 2.